The molecule has 6 nitrogen and oxygen atoms in total. The first kappa shape index (κ1) is 12.3. The van der Waals surface area contributed by atoms with Crippen LogP contribution in [0.4, 0.5) is 0 Å². The van der Waals surface area contributed by atoms with E-state index < -0.39 is 0 Å². The van der Waals surface area contributed by atoms with E-state index in [1.165, 1.54) is 21.9 Å². The molecular weight excluding hydrogens is 266 g/mol. The second-order valence-electron chi connectivity index (χ2n) is 4.49. The zero-order valence-electron chi connectivity index (χ0n) is 10.2. The number of thiazole rings is 1. The Kier molecular flexibility index (Phi) is 3.08. The average molecular weight is 279 g/mol. The van der Waals surface area contributed by atoms with Crippen LogP contribution in [-0.4, -0.2) is 44.5 Å². The molecule has 2 aromatic heterocycles. The molecule has 3 rings (SSSR count). The van der Waals surface area contributed by atoms with E-state index >= 15 is 0 Å². The van der Waals surface area contributed by atoms with Crippen LogP contribution in [0.2, 0.25) is 0 Å². The maximum atomic E-state index is 12.4. The fourth-order valence-corrected chi connectivity index (χ4v) is 2.75. The summed E-state index contributed by atoms with van der Waals surface area (Å²) in [6, 6.07) is 0.155. The van der Waals surface area contributed by atoms with Crippen LogP contribution >= 0.6 is 11.3 Å². The normalized spacial score (nSPS) is 14.8. The Labute approximate surface area is 112 Å². The number of fused-ring (bicyclic) bond motifs is 1. The average Bonchev–Trinajstić information content (AvgIpc) is 3.12. The molecule has 2 aromatic rings. The van der Waals surface area contributed by atoms with Crippen LogP contribution in [0.15, 0.2) is 22.6 Å². The highest BCUT2D eigenvalue weighted by atomic mass is 32.1. The van der Waals surface area contributed by atoms with E-state index in [4.69, 9.17) is 5.11 Å². The van der Waals surface area contributed by atoms with Gasteiger partial charge in [0, 0.05) is 30.4 Å². The lowest BCUT2D eigenvalue weighted by molar-refractivity contribution is 0.0705. The van der Waals surface area contributed by atoms with E-state index in [0.717, 1.165) is 12.8 Å². The Bertz CT molecular complexity index is 674. The van der Waals surface area contributed by atoms with E-state index in [-0.39, 0.29) is 36.2 Å². The second-order valence-corrected chi connectivity index (χ2v) is 5.36. The van der Waals surface area contributed by atoms with E-state index in [9.17, 15) is 9.59 Å². The lowest BCUT2D eigenvalue weighted by Crippen LogP contribution is -2.39. The summed E-state index contributed by atoms with van der Waals surface area (Å²) >= 11 is 1.35. The number of aliphatic hydroxyl groups is 1. The zero-order valence-corrected chi connectivity index (χ0v) is 11.0. The van der Waals surface area contributed by atoms with Crippen molar-refractivity contribution in [2.45, 2.75) is 18.9 Å². The van der Waals surface area contributed by atoms with E-state index in [2.05, 4.69) is 4.98 Å². The van der Waals surface area contributed by atoms with E-state index in [0.29, 0.717) is 4.96 Å². The number of carbonyl (C=O) groups is 1. The molecule has 1 saturated carbocycles. The summed E-state index contributed by atoms with van der Waals surface area (Å²) in [5.74, 6) is -0.338. The quantitative estimate of drug-likeness (QED) is 0.876. The molecule has 19 heavy (non-hydrogen) atoms. The number of amides is 1. The third-order valence-corrected chi connectivity index (χ3v) is 3.93. The van der Waals surface area contributed by atoms with Gasteiger partial charge in [0.05, 0.1) is 6.61 Å². The predicted octanol–water partition coefficient (Wildman–Crippen LogP) is 0.353. The second kappa shape index (κ2) is 4.75. The number of hydrogen-bond acceptors (Lipinski definition) is 5. The van der Waals surface area contributed by atoms with Crippen molar-refractivity contribution in [1.29, 1.82) is 0 Å². The Morgan fingerprint density at radius 1 is 1.58 bits per heavy atom. The highest BCUT2D eigenvalue weighted by Crippen LogP contribution is 2.27. The smallest absolute Gasteiger partial charge is 0.271 e. The molecular formula is C12H13N3O3S. The first-order chi connectivity index (χ1) is 9.22. The van der Waals surface area contributed by atoms with Crippen molar-refractivity contribution >= 4 is 22.2 Å². The molecule has 1 aliphatic rings. The molecule has 100 valence electrons. The molecule has 2 heterocycles. The van der Waals surface area contributed by atoms with Gasteiger partial charge >= 0.3 is 0 Å². The number of carbonyl (C=O) groups excluding carboxylic acids is 1. The van der Waals surface area contributed by atoms with Gasteiger partial charge in [-0.1, -0.05) is 0 Å². The number of nitrogens with zero attached hydrogens (tertiary/aromatic N) is 3. The maximum Gasteiger partial charge on any atom is 0.271 e. The molecule has 7 heteroatoms. The van der Waals surface area contributed by atoms with Gasteiger partial charge in [0.25, 0.3) is 11.5 Å². The van der Waals surface area contributed by atoms with Crippen LogP contribution < -0.4 is 5.56 Å². The summed E-state index contributed by atoms with van der Waals surface area (Å²) in [6.45, 7) is 0.160. The molecule has 0 bridgehead atoms. The predicted molar refractivity (Wildman–Crippen MR) is 70.5 cm³/mol. The van der Waals surface area contributed by atoms with Crippen molar-refractivity contribution in [2.75, 3.05) is 13.2 Å². The van der Waals surface area contributed by atoms with Crippen LogP contribution in [0.25, 0.3) is 4.96 Å². The van der Waals surface area contributed by atoms with Crippen LogP contribution in [-0.2, 0) is 0 Å². The summed E-state index contributed by atoms with van der Waals surface area (Å²) in [7, 11) is 0. The summed E-state index contributed by atoms with van der Waals surface area (Å²) < 4.78 is 1.38. The van der Waals surface area contributed by atoms with Gasteiger partial charge < -0.3 is 10.0 Å². The van der Waals surface area contributed by atoms with Crippen molar-refractivity contribution in [3.8, 4) is 0 Å². The highest BCUT2D eigenvalue weighted by Gasteiger charge is 2.33. The summed E-state index contributed by atoms with van der Waals surface area (Å²) in [6.07, 6.45) is 4.81. The van der Waals surface area contributed by atoms with E-state index in [1.54, 1.807) is 16.5 Å². The largest absolute Gasteiger partial charge is 0.395 e. The minimum absolute atomic E-state index is 0.0660. The van der Waals surface area contributed by atoms with Crippen LogP contribution in [0.3, 0.4) is 0 Å². The molecule has 0 saturated heterocycles. The molecule has 1 fully saturated rings. The Morgan fingerprint density at radius 3 is 3.05 bits per heavy atom. The standard InChI is InChI=1S/C12H13N3O3S/c16-5-3-14(8-1-2-8)10(17)9-7-13-12-15(11(9)18)4-6-19-12/h4,6-8,16H,1-3,5H2. The first-order valence-electron chi connectivity index (χ1n) is 6.09. The molecule has 0 aliphatic heterocycles. The SMILES string of the molecule is O=C(c1cnc2sccn2c1=O)N(CCO)C1CC1. The van der Waals surface area contributed by atoms with Crippen molar-refractivity contribution in [3.63, 3.8) is 0 Å². The molecule has 1 N–H and O–H groups in total. The fraction of sp³-hybridized carbons (Fsp3) is 0.417. The number of aliphatic hydroxyl groups excluding tert-OH is 1. The fourth-order valence-electron chi connectivity index (χ4n) is 2.07. The van der Waals surface area contributed by atoms with Gasteiger partial charge in [0.2, 0.25) is 0 Å². The van der Waals surface area contributed by atoms with Crippen LogP contribution in [0, 0.1) is 0 Å². The monoisotopic (exact) mass is 279 g/mol. The van der Waals surface area contributed by atoms with Gasteiger partial charge in [-0.05, 0) is 12.8 Å². The summed E-state index contributed by atoms with van der Waals surface area (Å²) in [4.78, 5) is 30.8. The summed E-state index contributed by atoms with van der Waals surface area (Å²) in [5, 5.41) is 10.8. The van der Waals surface area contributed by atoms with Crippen molar-refractivity contribution in [2.24, 2.45) is 0 Å². The van der Waals surface area contributed by atoms with Gasteiger partial charge in [-0.2, -0.15) is 0 Å². The number of aromatic nitrogens is 2. The van der Waals surface area contributed by atoms with Crippen molar-refractivity contribution in [1.82, 2.24) is 14.3 Å². The van der Waals surface area contributed by atoms with Gasteiger partial charge in [0.1, 0.15) is 5.56 Å². The summed E-state index contributed by atoms with van der Waals surface area (Å²) in [5.41, 5.74) is -0.281. The molecule has 0 atom stereocenters. The van der Waals surface area contributed by atoms with E-state index in [1.807, 2.05) is 0 Å². The molecule has 0 unspecified atom stereocenters. The molecule has 1 aliphatic carbocycles. The molecule has 1 amide bonds. The third-order valence-electron chi connectivity index (χ3n) is 3.16. The minimum Gasteiger partial charge on any atom is -0.395 e. The zero-order chi connectivity index (χ0) is 13.4. The molecule has 0 spiro atoms. The van der Waals surface area contributed by atoms with Gasteiger partial charge in [-0.25, -0.2) is 4.98 Å². The maximum absolute atomic E-state index is 12.4. The molecule has 0 radical (unpaired) electrons. The van der Waals surface area contributed by atoms with Gasteiger partial charge in [-0.15, -0.1) is 11.3 Å². The third kappa shape index (κ3) is 2.15. The Balaban J connectivity index is 2.00. The van der Waals surface area contributed by atoms with Crippen LogP contribution in [0.1, 0.15) is 23.2 Å². The lowest BCUT2D eigenvalue weighted by Gasteiger charge is -2.20. The topological polar surface area (TPSA) is 74.9 Å². The van der Waals surface area contributed by atoms with Crippen molar-refractivity contribution < 1.29 is 9.90 Å². The van der Waals surface area contributed by atoms with Gasteiger partial charge in [-0.3, -0.25) is 14.0 Å². The number of hydrogen-bond donors (Lipinski definition) is 1. The Morgan fingerprint density at radius 2 is 2.37 bits per heavy atom. The Hall–Kier alpha value is -1.73. The first-order valence-corrected chi connectivity index (χ1v) is 6.97. The van der Waals surface area contributed by atoms with Gasteiger partial charge in [0.15, 0.2) is 4.96 Å². The molecule has 0 aromatic carbocycles. The minimum atomic E-state index is -0.347. The van der Waals surface area contributed by atoms with Crippen molar-refractivity contribution in [3.05, 3.63) is 33.7 Å². The number of rotatable bonds is 4. The highest BCUT2D eigenvalue weighted by molar-refractivity contribution is 7.15. The lowest BCUT2D eigenvalue weighted by atomic mass is 10.2. The van der Waals surface area contributed by atoms with Crippen LogP contribution in [0.5, 0.6) is 0 Å².